The van der Waals surface area contributed by atoms with Gasteiger partial charge in [-0.3, -0.25) is 29.0 Å². The standard InChI is InChI=1S/C69H80N6O12S2/c1-40-23-46-33-47-24-41(2)26-49(61(47)77)35-51-28-43(4)30-53(63(51)79)37-75-22-14-20-59(75)67(83)71-55(32-45-17-11-8-12-18-45)65(81)73-57(69(85)87-6)39-89-88-38-56(68(84)86-5)72-64(80)54(31-44-15-9-7-10-16-44)70-66(82)58-19-13-21-74(58)36-52-29-42(3)27-50(62(52)78)34-48(25-40)60(46)76/h7-12,15-18,23-30,54-59,76-79H,13-14,19-22,31-39H2,1-6H3,(H,70,82)(H,71,83)(H,72,80)(H,73,81)/t54-,55-,56-,57-,58-,59-/m0/s1. The smallest absolute Gasteiger partial charge is 0.329 e. The summed E-state index contributed by atoms with van der Waals surface area (Å²) in [5.74, 6) is -3.54. The highest BCUT2D eigenvalue weighted by Gasteiger charge is 2.38. The number of ether oxygens (including phenoxy) is 2. The Morgan fingerprint density at radius 3 is 1.08 bits per heavy atom. The van der Waals surface area contributed by atoms with Gasteiger partial charge in [0.05, 0.1) is 26.3 Å². The molecule has 89 heavy (non-hydrogen) atoms. The average Bonchev–Trinajstić information content (AvgIpc) is 2.78. The zero-order valence-corrected chi connectivity index (χ0v) is 52.9. The van der Waals surface area contributed by atoms with E-state index in [9.17, 15) is 49.2 Å². The number of esters is 2. The normalized spacial score (nSPS) is 21.4. The minimum absolute atomic E-state index is 0.0252. The second-order valence-corrected chi connectivity index (χ2v) is 26.3. The molecule has 3 aliphatic rings. The summed E-state index contributed by atoms with van der Waals surface area (Å²) in [6.07, 6.45) is 3.00. The first-order chi connectivity index (χ1) is 42.7. The van der Waals surface area contributed by atoms with Gasteiger partial charge in [0.15, 0.2) is 0 Å². The van der Waals surface area contributed by atoms with Crippen LogP contribution in [0.1, 0.15) is 104 Å². The second kappa shape index (κ2) is 30.0. The molecule has 2 saturated heterocycles. The topological polar surface area (TPSA) is 256 Å². The minimum atomic E-state index is -1.20. The predicted octanol–water partition coefficient (Wildman–Crippen LogP) is 7.61. The number of rotatable bonds is 6. The van der Waals surface area contributed by atoms with Crippen LogP contribution < -0.4 is 21.3 Å². The number of carbonyl (C=O) groups is 6. The Kier molecular flexibility index (Phi) is 22.0. The Hall–Kier alpha value is -8.04. The van der Waals surface area contributed by atoms with Gasteiger partial charge in [-0.2, -0.15) is 0 Å². The van der Waals surface area contributed by atoms with E-state index in [1.165, 1.54) is 14.2 Å². The lowest BCUT2D eigenvalue weighted by molar-refractivity contribution is -0.145. The van der Waals surface area contributed by atoms with E-state index in [1.807, 2.05) is 147 Å². The number of nitrogens with one attached hydrogen (secondary N) is 4. The molecule has 18 nitrogen and oxygen atoms in total. The van der Waals surface area contributed by atoms with Crippen LogP contribution in [0.2, 0.25) is 0 Å². The van der Waals surface area contributed by atoms with Crippen LogP contribution in [0, 0.1) is 27.7 Å². The van der Waals surface area contributed by atoms with Gasteiger partial charge in [-0.25, -0.2) is 9.59 Å². The largest absolute Gasteiger partial charge is 0.507 e. The van der Waals surface area contributed by atoms with Crippen molar-refractivity contribution in [3.63, 3.8) is 0 Å². The summed E-state index contributed by atoms with van der Waals surface area (Å²) in [6.45, 7) is 9.18. The Morgan fingerprint density at radius 2 is 0.764 bits per heavy atom. The van der Waals surface area contributed by atoms with Crippen LogP contribution in [0.5, 0.6) is 23.0 Å². The van der Waals surface area contributed by atoms with E-state index < -0.39 is 71.8 Å². The van der Waals surface area contributed by atoms with E-state index in [1.54, 1.807) is 0 Å². The molecule has 6 aromatic rings. The molecule has 0 aliphatic carbocycles. The van der Waals surface area contributed by atoms with Crippen LogP contribution in [-0.4, -0.2) is 141 Å². The van der Waals surface area contributed by atoms with Gasteiger partial charge in [-0.1, -0.05) is 153 Å². The van der Waals surface area contributed by atoms with Crippen molar-refractivity contribution in [1.82, 2.24) is 31.1 Å². The Balaban J connectivity index is 1.05. The van der Waals surface area contributed by atoms with Crippen molar-refractivity contribution in [2.45, 2.75) is 135 Å². The number of carbonyl (C=O) groups excluding carboxylic acids is 6. The number of aromatic hydroxyl groups is 4. The Labute approximate surface area is 527 Å². The van der Waals surface area contributed by atoms with Crippen molar-refractivity contribution in [2.24, 2.45) is 0 Å². The third-order valence-electron chi connectivity index (χ3n) is 16.9. The number of phenols is 4. The lowest BCUT2D eigenvalue weighted by Gasteiger charge is -2.28. The first-order valence-electron chi connectivity index (χ1n) is 30.2. The van der Waals surface area contributed by atoms with Crippen LogP contribution in [0.15, 0.2) is 109 Å². The summed E-state index contributed by atoms with van der Waals surface area (Å²) < 4.78 is 10.3. The minimum Gasteiger partial charge on any atom is -0.507 e. The van der Waals surface area contributed by atoms with Crippen molar-refractivity contribution < 1.29 is 58.7 Å². The molecule has 6 aromatic carbocycles. The number of nitrogens with zero attached hydrogens (tertiary/aromatic N) is 2. The number of fused-ring (bicyclic) bond motifs is 10. The summed E-state index contributed by atoms with van der Waals surface area (Å²) >= 11 is 0. The van der Waals surface area contributed by atoms with Gasteiger partial charge in [0.2, 0.25) is 23.6 Å². The lowest BCUT2D eigenvalue weighted by Crippen LogP contribution is -2.56. The van der Waals surface area contributed by atoms with E-state index in [4.69, 9.17) is 9.47 Å². The monoisotopic (exact) mass is 1250 g/mol. The van der Waals surface area contributed by atoms with Gasteiger partial charge in [-0.15, -0.1) is 0 Å². The van der Waals surface area contributed by atoms with Crippen LogP contribution in [-0.2, 0) is 83.4 Å². The summed E-state index contributed by atoms with van der Waals surface area (Å²) in [5, 5.41) is 59.9. The van der Waals surface area contributed by atoms with Crippen molar-refractivity contribution in [1.29, 1.82) is 0 Å². The molecule has 20 heteroatoms. The molecule has 3 aliphatic heterocycles. The molecule has 8 bridgehead atoms. The summed E-state index contributed by atoms with van der Waals surface area (Å²) in [6, 6.07) is 27.3. The fourth-order valence-electron chi connectivity index (χ4n) is 12.5. The van der Waals surface area contributed by atoms with Gasteiger partial charge >= 0.3 is 11.9 Å². The van der Waals surface area contributed by atoms with Gasteiger partial charge in [-0.05, 0) is 111 Å². The molecular weight excluding hydrogens is 1170 g/mol. The van der Waals surface area contributed by atoms with Crippen molar-refractivity contribution in [3.8, 4) is 23.0 Å². The molecule has 0 unspecified atom stereocenters. The molecule has 0 radical (unpaired) electrons. The zero-order chi connectivity index (χ0) is 63.5. The van der Waals surface area contributed by atoms with E-state index in [0.717, 1.165) is 55.0 Å². The van der Waals surface area contributed by atoms with Crippen molar-refractivity contribution in [3.05, 3.63) is 187 Å². The maximum atomic E-state index is 14.5. The number of amides is 4. The van der Waals surface area contributed by atoms with Crippen LogP contribution in [0.4, 0.5) is 0 Å². The van der Waals surface area contributed by atoms with E-state index in [2.05, 4.69) is 21.3 Å². The van der Waals surface area contributed by atoms with Crippen molar-refractivity contribution >= 4 is 57.2 Å². The lowest BCUT2D eigenvalue weighted by atomic mass is 9.91. The zero-order valence-electron chi connectivity index (χ0n) is 51.2. The molecule has 3 heterocycles. The fraction of sp³-hybridized carbons (Fsp3) is 0.391. The molecule has 0 saturated carbocycles. The van der Waals surface area contributed by atoms with Gasteiger partial charge in [0, 0.05) is 67.8 Å². The Bertz CT molecular complexity index is 3340. The van der Waals surface area contributed by atoms with Crippen LogP contribution in [0.25, 0.3) is 0 Å². The molecule has 0 spiro atoms. The van der Waals surface area contributed by atoms with E-state index in [-0.39, 0.29) is 79.7 Å². The average molecular weight is 1250 g/mol. The molecule has 8 N–H and O–H groups in total. The number of phenolic OH excluding ortho intramolecular Hbond substituents is 4. The maximum Gasteiger partial charge on any atom is 0.329 e. The number of hydrogen-bond acceptors (Lipinski definition) is 16. The molecule has 0 aromatic heterocycles. The second-order valence-electron chi connectivity index (χ2n) is 23.8. The van der Waals surface area contributed by atoms with Gasteiger partial charge < -0.3 is 51.2 Å². The maximum absolute atomic E-state index is 14.5. The fourth-order valence-corrected chi connectivity index (χ4v) is 14.8. The van der Waals surface area contributed by atoms with Crippen LogP contribution >= 0.6 is 21.6 Å². The highest BCUT2D eigenvalue weighted by atomic mass is 33.1. The number of aryl methyl sites for hydroxylation is 4. The summed E-state index contributed by atoms with van der Waals surface area (Å²) in [4.78, 5) is 88.8. The number of methoxy groups -OCH3 is 2. The quantitative estimate of drug-likeness (QED) is 0.0590. The van der Waals surface area contributed by atoms with Crippen molar-refractivity contribution in [2.75, 3.05) is 38.8 Å². The highest BCUT2D eigenvalue weighted by molar-refractivity contribution is 8.76. The molecule has 2 fully saturated rings. The molecular formula is C69H80N6O12S2. The first kappa shape index (κ1) is 65.4. The molecule has 6 atom stereocenters. The SMILES string of the molecule is COC(=O)[C@@H]1CSSC[C@@H](C(=O)OC)NC(=O)[C@H](Cc2ccccc2)NC(=O)[C@@H]2CCCN2Cc2cc(C)cc(c2O)Cc2cc(C)cc(c2O)Cc2cc(C)cc(c2O)Cc2cc(C)cc(c2O)CN2CCC[C@H]2C(=O)N[C@@H](Cc2ccccc2)C(=O)N1. The molecule has 9 rings (SSSR count). The third kappa shape index (κ3) is 16.6. The number of hydrogen-bond donors (Lipinski definition) is 8. The Morgan fingerprint density at radius 1 is 0.461 bits per heavy atom. The van der Waals surface area contributed by atoms with Crippen LogP contribution in [0.3, 0.4) is 0 Å². The number of benzene rings is 6. The van der Waals surface area contributed by atoms with Gasteiger partial charge in [0.25, 0.3) is 0 Å². The summed E-state index contributed by atoms with van der Waals surface area (Å²) in [5.41, 5.74) is 9.58. The van der Waals surface area contributed by atoms with E-state index in [0.29, 0.717) is 83.3 Å². The summed E-state index contributed by atoms with van der Waals surface area (Å²) in [7, 11) is 4.68. The molecule has 470 valence electrons. The van der Waals surface area contributed by atoms with Gasteiger partial charge in [0.1, 0.15) is 47.2 Å². The first-order valence-corrected chi connectivity index (χ1v) is 32.7. The predicted molar refractivity (Wildman–Crippen MR) is 344 cm³/mol. The van der Waals surface area contributed by atoms with E-state index >= 15 is 0 Å². The highest BCUT2D eigenvalue weighted by Crippen LogP contribution is 2.38. The third-order valence-corrected chi connectivity index (χ3v) is 19.3. The molecule has 4 amide bonds.